The number of hydrogen-bond donors (Lipinski definition) is 2. The summed E-state index contributed by atoms with van der Waals surface area (Å²) in [6.07, 6.45) is 6.36. The maximum absolute atomic E-state index is 12.5. The number of aromatic nitrogens is 4. The van der Waals surface area contributed by atoms with Gasteiger partial charge in [-0.3, -0.25) is 19.4 Å². The lowest BCUT2D eigenvalue weighted by Gasteiger charge is -2.19. The first-order chi connectivity index (χ1) is 13.5. The van der Waals surface area contributed by atoms with E-state index in [9.17, 15) is 14.4 Å². The highest BCUT2D eigenvalue weighted by Gasteiger charge is 2.25. The van der Waals surface area contributed by atoms with Crippen LogP contribution in [0.25, 0.3) is 5.95 Å². The molecule has 2 N–H and O–H groups in total. The standard InChI is InChI=1S/C19H24N6O3/c1-12-11-15(21-17(27)18(28)24-9-4-2-3-5-10-24)25(23-12)19-20-14-8-6-7-13(14)16(26)22-19/h11H,2-10H2,1H3,(H,21,27)(H,20,22,26). The normalized spacial score (nSPS) is 16.5. The van der Waals surface area contributed by atoms with Crippen LogP contribution in [0.2, 0.25) is 0 Å². The molecule has 0 atom stereocenters. The number of carbonyl (C=O) groups is 2. The highest BCUT2D eigenvalue weighted by atomic mass is 16.2. The van der Waals surface area contributed by atoms with Gasteiger partial charge >= 0.3 is 11.8 Å². The molecule has 2 aromatic heterocycles. The molecule has 1 saturated heterocycles. The van der Waals surface area contributed by atoms with Crippen molar-refractivity contribution in [2.24, 2.45) is 0 Å². The van der Waals surface area contributed by atoms with Crippen molar-refractivity contribution < 1.29 is 9.59 Å². The maximum atomic E-state index is 12.5. The van der Waals surface area contributed by atoms with Crippen LogP contribution in [0, 0.1) is 6.92 Å². The zero-order valence-electron chi connectivity index (χ0n) is 16.0. The van der Waals surface area contributed by atoms with E-state index in [0.29, 0.717) is 24.6 Å². The molecule has 0 radical (unpaired) electrons. The zero-order chi connectivity index (χ0) is 19.7. The second-order valence-electron chi connectivity index (χ2n) is 7.41. The summed E-state index contributed by atoms with van der Waals surface area (Å²) in [6, 6.07) is 1.65. The van der Waals surface area contributed by atoms with Gasteiger partial charge in [0.2, 0.25) is 5.95 Å². The van der Waals surface area contributed by atoms with Crippen LogP contribution in [0.3, 0.4) is 0 Å². The van der Waals surface area contributed by atoms with Crippen molar-refractivity contribution in [3.05, 3.63) is 33.4 Å². The van der Waals surface area contributed by atoms with Gasteiger partial charge in [0.15, 0.2) is 0 Å². The number of nitrogens with zero attached hydrogens (tertiary/aromatic N) is 4. The van der Waals surface area contributed by atoms with E-state index in [-0.39, 0.29) is 11.5 Å². The van der Waals surface area contributed by atoms with E-state index in [1.165, 1.54) is 4.68 Å². The summed E-state index contributed by atoms with van der Waals surface area (Å²) in [6.45, 7) is 2.97. The fraction of sp³-hybridized carbons (Fsp3) is 0.526. The van der Waals surface area contributed by atoms with Gasteiger partial charge in [-0.25, -0.2) is 4.98 Å². The summed E-state index contributed by atoms with van der Waals surface area (Å²) in [4.78, 5) is 46.2. The molecule has 0 unspecified atom stereocenters. The Morgan fingerprint density at radius 1 is 1.11 bits per heavy atom. The molecule has 1 fully saturated rings. The number of rotatable bonds is 2. The van der Waals surface area contributed by atoms with Crippen molar-refractivity contribution >= 4 is 17.6 Å². The number of anilines is 1. The van der Waals surface area contributed by atoms with Gasteiger partial charge in [0.05, 0.1) is 11.4 Å². The Hall–Kier alpha value is -2.97. The lowest BCUT2D eigenvalue weighted by molar-refractivity contribution is -0.143. The monoisotopic (exact) mass is 384 g/mol. The molecule has 9 nitrogen and oxygen atoms in total. The minimum atomic E-state index is -0.702. The van der Waals surface area contributed by atoms with Crippen molar-refractivity contribution in [2.75, 3.05) is 18.4 Å². The molecule has 28 heavy (non-hydrogen) atoms. The summed E-state index contributed by atoms with van der Waals surface area (Å²) in [5.74, 6) is -0.683. The summed E-state index contributed by atoms with van der Waals surface area (Å²) < 4.78 is 1.38. The SMILES string of the molecule is Cc1cc(NC(=O)C(=O)N2CCCCCC2)n(-c2nc3c(c(=O)[nH]2)CCC3)n1. The van der Waals surface area contributed by atoms with Crippen LogP contribution >= 0.6 is 0 Å². The maximum Gasteiger partial charge on any atom is 0.315 e. The lowest BCUT2D eigenvalue weighted by Crippen LogP contribution is -2.40. The Balaban J connectivity index is 1.58. The number of hydrogen-bond acceptors (Lipinski definition) is 5. The molecule has 9 heteroatoms. The number of likely N-dealkylation sites (tertiary alicyclic amines) is 1. The zero-order valence-corrected chi connectivity index (χ0v) is 16.0. The molecule has 4 rings (SSSR count). The highest BCUT2D eigenvalue weighted by Crippen LogP contribution is 2.19. The molecule has 2 amide bonds. The van der Waals surface area contributed by atoms with Gasteiger partial charge in [0, 0.05) is 24.7 Å². The molecule has 0 bridgehead atoms. The third-order valence-electron chi connectivity index (χ3n) is 5.29. The quantitative estimate of drug-likeness (QED) is 0.753. The Morgan fingerprint density at radius 2 is 1.86 bits per heavy atom. The fourth-order valence-corrected chi connectivity index (χ4v) is 3.87. The predicted molar refractivity (Wildman–Crippen MR) is 102 cm³/mol. The number of nitrogens with one attached hydrogen (secondary N) is 2. The molecule has 0 spiro atoms. The van der Waals surface area contributed by atoms with Gasteiger partial charge in [-0.1, -0.05) is 12.8 Å². The molecule has 148 valence electrons. The average Bonchev–Trinajstić information content (AvgIpc) is 3.18. The van der Waals surface area contributed by atoms with Crippen LogP contribution in [0.1, 0.15) is 49.1 Å². The van der Waals surface area contributed by atoms with E-state index >= 15 is 0 Å². The topological polar surface area (TPSA) is 113 Å². The second kappa shape index (κ2) is 7.57. The van der Waals surface area contributed by atoms with E-state index in [0.717, 1.165) is 56.2 Å². The van der Waals surface area contributed by atoms with Crippen LogP contribution in [0.5, 0.6) is 0 Å². The lowest BCUT2D eigenvalue weighted by atomic mass is 10.2. The van der Waals surface area contributed by atoms with Crippen LogP contribution in [0.15, 0.2) is 10.9 Å². The predicted octanol–water partition coefficient (Wildman–Crippen LogP) is 1.09. The third-order valence-corrected chi connectivity index (χ3v) is 5.29. The number of fused-ring (bicyclic) bond motifs is 1. The molecule has 0 aromatic carbocycles. The first-order valence-electron chi connectivity index (χ1n) is 9.82. The summed E-state index contributed by atoms with van der Waals surface area (Å²) in [5.41, 5.74) is 1.95. The number of carbonyl (C=O) groups excluding carboxylic acids is 2. The molecule has 2 aromatic rings. The molecule has 3 heterocycles. The molecule has 1 aliphatic carbocycles. The number of H-pyrrole nitrogens is 1. The van der Waals surface area contributed by atoms with Gasteiger partial charge < -0.3 is 10.2 Å². The minimum Gasteiger partial charge on any atom is -0.334 e. The molecular weight excluding hydrogens is 360 g/mol. The first-order valence-corrected chi connectivity index (χ1v) is 9.82. The van der Waals surface area contributed by atoms with Gasteiger partial charge in [-0.15, -0.1) is 0 Å². The van der Waals surface area contributed by atoms with Crippen molar-refractivity contribution in [3.8, 4) is 5.95 Å². The van der Waals surface area contributed by atoms with Crippen LogP contribution in [-0.2, 0) is 22.4 Å². The van der Waals surface area contributed by atoms with E-state index in [4.69, 9.17) is 0 Å². The van der Waals surface area contributed by atoms with Gasteiger partial charge in [-0.2, -0.15) is 9.78 Å². The van der Waals surface area contributed by atoms with E-state index in [2.05, 4.69) is 20.4 Å². The summed E-state index contributed by atoms with van der Waals surface area (Å²) in [7, 11) is 0. The van der Waals surface area contributed by atoms with Crippen molar-refractivity contribution in [2.45, 2.75) is 51.9 Å². The Kier molecular flexibility index (Phi) is 4.97. The van der Waals surface area contributed by atoms with Gasteiger partial charge in [-0.05, 0) is 39.0 Å². The van der Waals surface area contributed by atoms with Gasteiger partial charge in [0.1, 0.15) is 5.82 Å². The third kappa shape index (κ3) is 3.56. The Labute approximate surface area is 162 Å². The summed E-state index contributed by atoms with van der Waals surface area (Å²) in [5, 5.41) is 6.97. The second-order valence-corrected chi connectivity index (χ2v) is 7.41. The molecule has 2 aliphatic rings. The number of amides is 2. The minimum absolute atomic E-state index is 0.177. The van der Waals surface area contributed by atoms with Crippen molar-refractivity contribution in [1.82, 2.24) is 24.6 Å². The molecule has 1 aliphatic heterocycles. The first kappa shape index (κ1) is 18.4. The largest absolute Gasteiger partial charge is 0.334 e. The summed E-state index contributed by atoms with van der Waals surface area (Å²) >= 11 is 0. The van der Waals surface area contributed by atoms with Crippen LogP contribution in [0.4, 0.5) is 5.82 Å². The average molecular weight is 384 g/mol. The fourth-order valence-electron chi connectivity index (χ4n) is 3.87. The van der Waals surface area contributed by atoms with Crippen molar-refractivity contribution in [3.63, 3.8) is 0 Å². The van der Waals surface area contributed by atoms with Gasteiger partial charge in [0.25, 0.3) is 5.56 Å². The van der Waals surface area contributed by atoms with E-state index < -0.39 is 11.8 Å². The van der Waals surface area contributed by atoms with Crippen LogP contribution < -0.4 is 10.9 Å². The van der Waals surface area contributed by atoms with E-state index in [1.807, 2.05) is 0 Å². The Bertz CT molecular complexity index is 969. The molecular formula is C19H24N6O3. The van der Waals surface area contributed by atoms with Crippen LogP contribution in [-0.4, -0.2) is 49.6 Å². The highest BCUT2D eigenvalue weighted by molar-refractivity contribution is 6.39. The Morgan fingerprint density at radius 3 is 2.61 bits per heavy atom. The number of aromatic amines is 1. The molecule has 0 saturated carbocycles. The number of aryl methyl sites for hydroxylation is 2. The van der Waals surface area contributed by atoms with Crippen molar-refractivity contribution in [1.29, 1.82) is 0 Å². The van der Waals surface area contributed by atoms with E-state index in [1.54, 1.807) is 17.9 Å². The smallest absolute Gasteiger partial charge is 0.315 e.